The smallest absolute Gasteiger partial charge is 0.266 e. The molecule has 0 aromatic heterocycles. The van der Waals surface area contributed by atoms with Crippen molar-refractivity contribution in [2.24, 2.45) is 0 Å². The van der Waals surface area contributed by atoms with Gasteiger partial charge in [-0.2, -0.15) is 8.42 Å². The molecule has 0 radical (unpaired) electrons. The molecule has 0 saturated heterocycles. The summed E-state index contributed by atoms with van der Waals surface area (Å²) in [5.74, 6) is 0. The van der Waals surface area contributed by atoms with Crippen LogP contribution in [0.4, 0.5) is 0 Å². The molecule has 1 aromatic carbocycles. The molecule has 0 heterocycles. The molecule has 1 aromatic rings. The van der Waals surface area contributed by atoms with Crippen LogP contribution in [0.1, 0.15) is 19.8 Å². The van der Waals surface area contributed by atoms with Gasteiger partial charge in [-0.25, -0.2) is 0 Å². The summed E-state index contributed by atoms with van der Waals surface area (Å²) in [6.45, 7) is 2.24. The Labute approximate surface area is 104 Å². The molecular formula is C10H13IO3S. The molecule has 0 aliphatic rings. The van der Waals surface area contributed by atoms with Gasteiger partial charge < -0.3 is 0 Å². The fourth-order valence-electron chi connectivity index (χ4n) is 0.982. The quantitative estimate of drug-likeness (QED) is 0.470. The van der Waals surface area contributed by atoms with Gasteiger partial charge in [0.25, 0.3) is 10.1 Å². The first kappa shape index (κ1) is 12.9. The summed E-state index contributed by atoms with van der Waals surface area (Å²) in [6, 6.07) is 6.61. The summed E-state index contributed by atoms with van der Waals surface area (Å²) in [6.07, 6.45) is 1.67. The maximum atomic E-state index is 11.6. The zero-order valence-electron chi connectivity index (χ0n) is 8.44. The van der Waals surface area contributed by atoms with Crippen LogP contribution in [0.15, 0.2) is 29.2 Å². The Bertz CT molecular complexity index is 397. The number of hydrogen-bond acceptors (Lipinski definition) is 3. The highest BCUT2D eigenvalue weighted by Gasteiger charge is 2.13. The lowest BCUT2D eigenvalue weighted by molar-refractivity contribution is 0.311. The lowest BCUT2D eigenvalue weighted by Crippen LogP contribution is -2.07. The van der Waals surface area contributed by atoms with Gasteiger partial charge >= 0.3 is 0 Å². The zero-order valence-corrected chi connectivity index (χ0v) is 11.4. The van der Waals surface area contributed by atoms with Crippen molar-refractivity contribution in [2.45, 2.75) is 24.7 Å². The Kier molecular flexibility index (Phi) is 5.01. The second-order valence-corrected chi connectivity index (χ2v) is 5.94. The topological polar surface area (TPSA) is 43.4 Å². The summed E-state index contributed by atoms with van der Waals surface area (Å²) >= 11 is 2.12. The molecule has 0 fully saturated rings. The third kappa shape index (κ3) is 4.08. The molecule has 0 spiro atoms. The second-order valence-electron chi connectivity index (χ2n) is 3.08. The molecule has 3 nitrogen and oxygen atoms in total. The van der Waals surface area contributed by atoms with Crippen molar-refractivity contribution < 1.29 is 12.6 Å². The van der Waals surface area contributed by atoms with Gasteiger partial charge in [0.1, 0.15) is 0 Å². The molecule has 0 aliphatic heterocycles. The highest BCUT2D eigenvalue weighted by molar-refractivity contribution is 14.1. The number of hydrogen-bond donors (Lipinski definition) is 0. The fourth-order valence-corrected chi connectivity index (χ4v) is 2.28. The van der Waals surface area contributed by atoms with Crippen LogP contribution in [0.25, 0.3) is 0 Å². The summed E-state index contributed by atoms with van der Waals surface area (Å²) in [4.78, 5) is 0.221. The van der Waals surface area contributed by atoms with E-state index in [0.29, 0.717) is 0 Å². The van der Waals surface area contributed by atoms with Crippen molar-refractivity contribution in [3.05, 3.63) is 27.8 Å². The Morgan fingerprint density at radius 1 is 1.27 bits per heavy atom. The largest absolute Gasteiger partial charge is 0.296 e. The van der Waals surface area contributed by atoms with Crippen molar-refractivity contribution in [1.29, 1.82) is 0 Å². The van der Waals surface area contributed by atoms with Gasteiger partial charge in [-0.3, -0.25) is 4.18 Å². The maximum Gasteiger partial charge on any atom is 0.296 e. The SMILES string of the molecule is CCCCOS(=O)(=O)c1ccc(I)cc1. The minimum Gasteiger partial charge on any atom is -0.266 e. The van der Waals surface area contributed by atoms with Gasteiger partial charge in [-0.1, -0.05) is 13.3 Å². The average molecular weight is 340 g/mol. The minimum absolute atomic E-state index is 0.221. The van der Waals surface area contributed by atoms with Crippen molar-refractivity contribution in [1.82, 2.24) is 0 Å². The Morgan fingerprint density at radius 3 is 2.40 bits per heavy atom. The van der Waals surface area contributed by atoms with E-state index in [2.05, 4.69) is 22.6 Å². The van der Waals surface area contributed by atoms with Crippen molar-refractivity contribution >= 4 is 32.7 Å². The number of unbranched alkanes of at least 4 members (excludes halogenated alkanes) is 1. The van der Waals surface area contributed by atoms with E-state index in [1.54, 1.807) is 24.3 Å². The Morgan fingerprint density at radius 2 is 1.87 bits per heavy atom. The van der Waals surface area contributed by atoms with Crippen LogP contribution in [0.2, 0.25) is 0 Å². The molecule has 0 N–H and O–H groups in total. The van der Waals surface area contributed by atoms with Gasteiger partial charge in [0.05, 0.1) is 11.5 Å². The highest BCUT2D eigenvalue weighted by atomic mass is 127. The monoisotopic (exact) mass is 340 g/mol. The van der Waals surface area contributed by atoms with Crippen molar-refractivity contribution in [3.8, 4) is 0 Å². The van der Waals surface area contributed by atoms with E-state index in [4.69, 9.17) is 4.18 Å². The van der Waals surface area contributed by atoms with Gasteiger partial charge in [0.2, 0.25) is 0 Å². The lowest BCUT2D eigenvalue weighted by Gasteiger charge is -2.04. The van der Waals surface area contributed by atoms with E-state index in [1.165, 1.54) is 0 Å². The summed E-state index contributed by atoms with van der Waals surface area (Å²) in [5, 5.41) is 0. The Hall–Kier alpha value is -0.140. The van der Waals surface area contributed by atoms with Crippen LogP contribution in [0.3, 0.4) is 0 Å². The van der Waals surface area contributed by atoms with Crippen LogP contribution < -0.4 is 0 Å². The van der Waals surface area contributed by atoms with E-state index in [-0.39, 0.29) is 11.5 Å². The van der Waals surface area contributed by atoms with Crippen LogP contribution in [0.5, 0.6) is 0 Å². The molecule has 0 aliphatic carbocycles. The van der Waals surface area contributed by atoms with Crippen LogP contribution in [-0.2, 0) is 14.3 Å². The van der Waals surface area contributed by atoms with Crippen LogP contribution >= 0.6 is 22.6 Å². The van der Waals surface area contributed by atoms with Gasteiger partial charge in [0, 0.05) is 3.57 Å². The third-order valence-corrected chi connectivity index (χ3v) is 3.88. The maximum absolute atomic E-state index is 11.6. The van der Waals surface area contributed by atoms with Crippen LogP contribution in [-0.4, -0.2) is 15.0 Å². The standard InChI is InChI=1S/C10H13IO3S/c1-2-3-8-14-15(12,13)10-6-4-9(11)5-7-10/h4-7H,2-3,8H2,1H3. The zero-order chi connectivity index (χ0) is 11.3. The fraction of sp³-hybridized carbons (Fsp3) is 0.400. The van der Waals surface area contributed by atoms with E-state index >= 15 is 0 Å². The molecule has 0 bridgehead atoms. The number of halogens is 1. The number of rotatable bonds is 5. The van der Waals surface area contributed by atoms with E-state index in [1.807, 2.05) is 6.92 Å². The van der Waals surface area contributed by atoms with Gasteiger partial charge in [-0.15, -0.1) is 0 Å². The van der Waals surface area contributed by atoms with Crippen LogP contribution in [0, 0.1) is 3.57 Å². The average Bonchev–Trinajstić information content (AvgIpc) is 2.18. The molecule has 0 unspecified atom stereocenters. The normalized spacial score (nSPS) is 11.6. The third-order valence-electron chi connectivity index (χ3n) is 1.84. The molecule has 84 valence electrons. The van der Waals surface area contributed by atoms with E-state index in [0.717, 1.165) is 16.4 Å². The predicted octanol–water partition coefficient (Wildman–Crippen LogP) is 2.80. The van der Waals surface area contributed by atoms with E-state index in [9.17, 15) is 8.42 Å². The van der Waals surface area contributed by atoms with Gasteiger partial charge in [-0.05, 0) is 53.3 Å². The molecule has 5 heteroatoms. The molecule has 15 heavy (non-hydrogen) atoms. The second kappa shape index (κ2) is 5.81. The lowest BCUT2D eigenvalue weighted by atomic mass is 10.4. The highest BCUT2D eigenvalue weighted by Crippen LogP contribution is 2.14. The minimum atomic E-state index is -3.55. The van der Waals surface area contributed by atoms with Gasteiger partial charge in [0.15, 0.2) is 0 Å². The first-order chi connectivity index (χ1) is 7.06. The number of benzene rings is 1. The summed E-state index contributed by atoms with van der Waals surface area (Å²) in [7, 11) is -3.55. The van der Waals surface area contributed by atoms with Crippen molar-refractivity contribution in [2.75, 3.05) is 6.61 Å². The first-order valence-electron chi connectivity index (χ1n) is 4.71. The summed E-state index contributed by atoms with van der Waals surface area (Å²) in [5.41, 5.74) is 0. The van der Waals surface area contributed by atoms with E-state index < -0.39 is 10.1 Å². The molecule has 0 atom stereocenters. The Balaban J connectivity index is 2.73. The molecular weight excluding hydrogens is 327 g/mol. The van der Waals surface area contributed by atoms with Crippen molar-refractivity contribution in [3.63, 3.8) is 0 Å². The molecule has 1 rings (SSSR count). The predicted molar refractivity (Wildman–Crippen MR) is 67.2 cm³/mol. The molecule has 0 saturated carbocycles. The molecule has 0 amide bonds. The summed E-state index contributed by atoms with van der Waals surface area (Å²) < 4.78 is 29.1. The first-order valence-corrected chi connectivity index (χ1v) is 7.20.